The summed E-state index contributed by atoms with van der Waals surface area (Å²) in [6.45, 7) is -0.134. The summed E-state index contributed by atoms with van der Waals surface area (Å²) in [5.41, 5.74) is 4.65. The second-order valence-electron chi connectivity index (χ2n) is 2.07. The van der Waals surface area contributed by atoms with Crippen molar-refractivity contribution in [2.75, 3.05) is 12.4 Å². The van der Waals surface area contributed by atoms with Gasteiger partial charge in [0.2, 0.25) is 0 Å². The van der Waals surface area contributed by atoms with Gasteiger partial charge in [0.05, 0.1) is 0 Å². The van der Waals surface area contributed by atoms with E-state index in [1.54, 1.807) is 0 Å². The SMILES string of the molecule is NC(=O)OC1COS(=O)(=O)C1. The van der Waals surface area contributed by atoms with Gasteiger partial charge < -0.3 is 10.5 Å². The third kappa shape index (κ3) is 2.35. The molecule has 64 valence electrons. The van der Waals surface area contributed by atoms with Gasteiger partial charge in [0.25, 0.3) is 10.1 Å². The normalized spacial score (nSPS) is 28.2. The van der Waals surface area contributed by atoms with Crippen molar-refractivity contribution >= 4 is 16.2 Å². The van der Waals surface area contributed by atoms with Crippen LogP contribution in [-0.4, -0.2) is 33.0 Å². The first-order valence-corrected chi connectivity index (χ1v) is 4.40. The van der Waals surface area contributed by atoms with Crippen molar-refractivity contribution in [2.24, 2.45) is 5.73 Å². The highest BCUT2D eigenvalue weighted by molar-refractivity contribution is 7.87. The second-order valence-corrected chi connectivity index (χ2v) is 3.75. The van der Waals surface area contributed by atoms with Crippen LogP contribution in [0.1, 0.15) is 0 Å². The summed E-state index contributed by atoms with van der Waals surface area (Å²) >= 11 is 0. The average molecular weight is 181 g/mol. The third-order valence-corrected chi connectivity index (χ3v) is 2.38. The molecule has 1 amide bonds. The molecule has 0 aromatic rings. The lowest BCUT2D eigenvalue weighted by molar-refractivity contribution is 0.102. The standard InChI is InChI=1S/C4H7NO5S/c5-4(6)10-3-1-9-11(7,8)2-3/h3H,1-2H2,(H2,5,6). The molecule has 1 unspecified atom stereocenters. The Morgan fingerprint density at radius 3 is 2.64 bits per heavy atom. The molecule has 1 rings (SSSR count). The molecule has 1 heterocycles. The molecular weight excluding hydrogens is 174 g/mol. The number of carbonyl (C=O) groups excluding carboxylic acids is 1. The zero-order valence-electron chi connectivity index (χ0n) is 5.52. The fourth-order valence-corrected chi connectivity index (χ4v) is 1.81. The fraction of sp³-hybridized carbons (Fsp3) is 0.750. The summed E-state index contributed by atoms with van der Waals surface area (Å²) in [6, 6.07) is 0. The van der Waals surface area contributed by atoms with Crippen molar-refractivity contribution in [3.63, 3.8) is 0 Å². The van der Waals surface area contributed by atoms with Crippen molar-refractivity contribution in [2.45, 2.75) is 6.10 Å². The zero-order chi connectivity index (χ0) is 8.48. The number of hydrogen-bond donors (Lipinski definition) is 1. The third-order valence-electron chi connectivity index (χ3n) is 1.11. The van der Waals surface area contributed by atoms with E-state index in [1.165, 1.54) is 0 Å². The van der Waals surface area contributed by atoms with Crippen molar-refractivity contribution in [1.29, 1.82) is 0 Å². The van der Waals surface area contributed by atoms with Gasteiger partial charge in [-0.05, 0) is 0 Å². The monoisotopic (exact) mass is 181 g/mol. The van der Waals surface area contributed by atoms with Crippen LogP contribution in [0.15, 0.2) is 0 Å². The van der Waals surface area contributed by atoms with Crippen molar-refractivity contribution in [3.8, 4) is 0 Å². The minimum Gasteiger partial charge on any atom is -0.443 e. The van der Waals surface area contributed by atoms with Gasteiger partial charge in [0.15, 0.2) is 0 Å². The van der Waals surface area contributed by atoms with Gasteiger partial charge in [-0.3, -0.25) is 4.18 Å². The lowest BCUT2D eigenvalue weighted by Gasteiger charge is -2.03. The van der Waals surface area contributed by atoms with Crippen LogP contribution in [0.4, 0.5) is 4.79 Å². The molecule has 1 saturated heterocycles. The molecule has 0 aromatic heterocycles. The van der Waals surface area contributed by atoms with Gasteiger partial charge in [0.1, 0.15) is 18.5 Å². The first kappa shape index (κ1) is 8.28. The van der Waals surface area contributed by atoms with E-state index in [0.717, 1.165) is 0 Å². The van der Waals surface area contributed by atoms with Gasteiger partial charge >= 0.3 is 6.09 Å². The van der Waals surface area contributed by atoms with E-state index in [9.17, 15) is 13.2 Å². The maximum atomic E-state index is 10.6. The lowest BCUT2D eigenvalue weighted by Crippen LogP contribution is -2.25. The summed E-state index contributed by atoms with van der Waals surface area (Å²) in [7, 11) is -3.47. The van der Waals surface area contributed by atoms with Crippen LogP contribution in [0.25, 0.3) is 0 Å². The number of nitrogens with two attached hydrogens (primary N) is 1. The Bertz CT molecular complexity index is 258. The average Bonchev–Trinajstić information content (AvgIpc) is 2.08. The molecule has 0 bridgehead atoms. The van der Waals surface area contributed by atoms with Crippen LogP contribution in [-0.2, 0) is 19.0 Å². The molecule has 1 aliphatic heterocycles. The summed E-state index contributed by atoms with van der Waals surface area (Å²) in [4.78, 5) is 10.1. The second kappa shape index (κ2) is 2.67. The highest BCUT2D eigenvalue weighted by Crippen LogP contribution is 2.10. The first-order valence-electron chi connectivity index (χ1n) is 2.83. The minimum atomic E-state index is -3.47. The molecule has 11 heavy (non-hydrogen) atoms. The minimum absolute atomic E-state index is 0.134. The number of primary amides is 1. The van der Waals surface area contributed by atoms with Crippen LogP contribution in [0.3, 0.4) is 0 Å². The summed E-state index contributed by atoms with van der Waals surface area (Å²) in [6.07, 6.45) is -1.74. The number of hydrogen-bond acceptors (Lipinski definition) is 5. The molecule has 1 aliphatic rings. The first-order chi connectivity index (χ1) is 4.99. The van der Waals surface area contributed by atoms with Crippen molar-refractivity contribution in [3.05, 3.63) is 0 Å². The molecule has 2 N–H and O–H groups in total. The highest BCUT2D eigenvalue weighted by Gasteiger charge is 2.31. The topological polar surface area (TPSA) is 95.7 Å². The van der Waals surface area contributed by atoms with Crippen LogP contribution in [0.5, 0.6) is 0 Å². The zero-order valence-corrected chi connectivity index (χ0v) is 6.33. The van der Waals surface area contributed by atoms with Crippen molar-refractivity contribution in [1.82, 2.24) is 0 Å². The Hall–Kier alpha value is -0.820. The van der Waals surface area contributed by atoms with E-state index >= 15 is 0 Å². The molecule has 1 fully saturated rings. The van der Waals surface area contributed by atoms with E-state index < -0.39 is 22.3 Å². The molecule has 0 aromatic carbocycles. The molecule has 0 aliphatic carbocycles. The quantitative estimate of drug-likeness (QED) is 0.513. The summed E-state index contributed by atoms with van der Waals surface area (Å²) < 4.78 is 29.8. The largest absolute Gasteiger partial charge is 0.443 e. The highest BCUT2D eigenvalue weighted by atomic mass is 32.2. The fourth-order valence-electron chi connectivity index (χ4n) is 0.736. The van der Waals surface area contributed by atoms with Gasteiger partial charge in [0, 0.05) is 0 Å². The predicted molar refractivity (Wildman–Crippen MR) is 34.2 cm³/mol. The maximum absolute atomic E-state index is 10.6. The Morgan fingerprint density at radius 1 is 1.64 bits per heavy atom. The van der Waals surface area contributed by atoms with E-state index in [2.05, 4.69) is 14.7 Å². The summed E-state index contributed by atoms with van der Waals surface area (Å²) in [5, 5.41) is 0. The molecule has 0 radical (unpaired) electrons. The lowest BCUT2D eigenvalue weighted by atomic mass is 10.4. The Labute approximate surface area is 63.4 Å². The van der Waals surface area contributed by atoms with Crippen molar-refractivity contribution < 1.29 is 22.1 Å². The molecule has 0 spiro atoms. The predicted octanol–water partition coefficient (Wildman–Crippen LogP) is -1.19. The number of carbonyl (C=O) groups is 1. The molecular formula is C4H7NO5S. The molecule has 1 atom stereocenters. The smallest absolute Gasteiger partial charge is 0.404 e. The van der Waals surface area contributed by atoms with Crippen LogP contribution >= 0.6 is 0 Å². The van der Waals surface area contributed by atoms with E-state index in [0.29, 0.717) is 0 Å². The maximum Gasteiger partial charge on any atom is 0.404 e. The number of ether oxygens (including phenoxy) is 1. The summed E-state index contributed by atoms with van der Waals surface area (Å²) in [5.74, 6) is -0.310. The van der Waals surface area contributed by atoms with E-state index in [4.69, 9.17) is 0 Å². The van der Waals surface area contributed by atoms with E-state index in [-0.39, 0.29) is 12.4 Å². The molecule has 7 heteroatoms. The van der Waals surface area contributed by atoms with Gasteiger partial charge in [-0.15, -0.1) is 0 Å². The van der Waals surface area contributed by atoms with E-state index in [1.807, 2.05) is 0 Å². The molecule has 6 nitrogen and oxygen atoms in total. The van der Waals surface area contributed by atoms with Crippen LogP contribution in [0, 0.1) is 0 Å². The van der Waals surface area contributed by atoms with Gasteiger partial charge in [-0.25, -0.2) is 4.79 Å². The Balaban J connectivity index is 2.49. The molecule has 0 saturated carbocycles. The van der Waals surface area contributed by atoms with Gasteiger partial charge in [-0.1, -0.05) is 0 Å². The van der Waals surface area contributed by atoms with Gasteiger partial charge in [-0.2, -0.15) is 8.42 Å². The Kier molecular flexibility index (Phi) is 2.01. The Morgan fingerprint density at radius 2 is 2.27 bits per heavy atom. The number of amides is 1. The van der Waals surface area contributed by atoms with Crippen LogP contribution in [0.2, 0.25) is 0 Å². The number of rotatable bonds is 1. The van der Waals surface area contributed by atoms with Crippen LogP contribution < -0.4 is 5.73 Å².